The van der Waals surface area contributed by atoms with Crippen LogP contribution in [0.3, 0.4) is 0 Å². The maximum Gasteiger partial charge on any atom is 0.268 e. The Morgan fingerprint density at radius 1 is 0.833 bits per heavy atom. The largest absolute Gasteiger partial charge is 0.268 e. The Hall–Kier alpha value is -3.24. The zero-order valence-corrected chi connectivity index (χ0v) is 27.3. The van der Waals surface area contributed by atoms with Crippen LogP contribution in [0, 0.1) is 19.8 Å². The summed E-state index contributed by atoms with van der Waals surface area (Å²) in [5.41, 5.74) is 5.35. The van der Waals surface area contributed by atoms with E-state index in [1.54, 1.807) is 46.9 Å². The summed E-state index contributed by atoms with van der Waals surface area (Å²) in [6.07, 6.45) is 3.98. The molecule has 1 aliphatic heterocycles. The average Bonchev–Trinajstić information content (AvgIpc) is 3.32. The van der Waals surface area contributed by atoms with Crippen molar-refractivity contribution >= 4 is 44.6 Å². The summed E-state index contributed by atoms with van der Waals surface area (Å²) in [7, 11) is -9.73. The minimum absolute atomic E-state index is 0.140. The van der Waals surface area contributed by atoms with Gasteiger partial charge >= 0.3 is 0 Å². The second-order valence-corrected chi connectivity index (χ2v) is 21.2. The summed E-state index contributed by atoms with van der Waals surface area (Å²) in [4.78, 5) is 0.478. The number of aryl methyl sites for hydroxylation is 2. The van der Waals surface area contributed by atoms with Gasteiger partial charge in [-0.3, -0.25) is 0 Å². The van der Waals surface area contributed by atoms with E-state index in [4.69, 9.17) is 0 Å². The summed E-state index contributed by atoms with van der Waals surface area (Å²) in [6, 6.07) is 19.2. The number of sulfonamides is 1. The highest BCUT2D eigenvalue weighted by atomic mass is 32.2. The van der Waals surface area contributed by atoms with Gasteiger partial charge in [0.1, 0.15) is 0 Å². The molecule has 6 nitrogen and oxygen atoms in total. The van der Waals surface area contributed by atoms with Crippen molar-refractivity contribution in [1.29, 1.82) is 0 Å². The smallest absolute Gasteiger partial charge is 0.241 e. The van der Waals surface area contributed by atoms with E-state index in [1.165, 1.54) is 9.17 Å². The Bertz CT molecular complexity index is 1980. The van der Waals surface area contributed by atoms with Crippen molar-refractivity contribution < 1.29 is 16.8 Å². The van der Waals surface area contributed by atoms with Crippen LogP contribution in [0.25, 0.3) is 16.5 Å². The van der Waals surface area contributed by atoms with E-state index >= 15 is 0 Å². The van der Waals surface area contributed by atoms with Crippen LogP contribution in [0.15, 0.2) is 101 Å². The van der Waals surface area contributed by atoms with Crippen LogP contribution in [0.5, 0.6) is 0 Å². The van der Waals surface area contributed by atoms with Gasteiger partial charge in [0.25, 0.3) is 10.0 Å². The van der Waals surface area contributed by atoms with Gasteiger partial charge < -0.3 is 0 Å². The van der Waals surface area contributed by atoms with Crippen molar-refractivity contribution in [3.63, 3.8) is 0 Å². The number of benzene rings is 3. The first-order valence-electron chi connectivity index (χ1n) is 14.2. The second-order valence-electron chi connectivity index (χ2n) is 12.5. The van der Waals surface area contributed by atoms with Crippen molar-refractivity contribution in [3.8, 4) is 0 Å². The molecule has 0 unspecified atom stereocenters. The van der Waals surface area contributed by atoms with Gasteiger partial charge in [-0.05, 0) is 67.3 Å². The molecule has 3 aromatic carbocycles. The van der Waals surface area contributed by atoms with Crippen molar-refractivity contribution in [2.75, 3.05) is 6.54 Å². The van der Waals surface area contributed by atoms with Gasteiger partial charge in [-0.1, -0.05) is 78.4 Å². The SMILES string of the molecule is C=C[C@H]1CN(S(=O)(=O)c2ccc(C)cc2)[C@@H]2Cc3cn(S(=O)(=O)c4ccc(C)cc4)c4cccc(c34)C2=C1[Si](C)(C)C. The van der Waals surface area contributed by atoms with E-state index in [0.29, 0.717) is 18.5 Å². The molecular weight excluding hydrogens is 581 g/mol. The lowest BCUT2D eigenvalue weighted by Gasteiger charge is -2.46. The molecule has 1 aliphatic carbocycles. The van der Waals surface area contributed by atoms with Crippen LogP contribution in [0.4, 0.5) is 0 Å². The van der Waals surface area contributed by atoms with Crippen molar-refractivity contribution in [2.45, 2.75) is 55.7 Å². The lowest BCUT2D eigenvalue weighted by molar-refractivity contribution is 0.333. The average molecular weight is 617 g/mol. The van der Waals surface area contributed by atoms with Gasteiger partial charge in [0, 0.05) is 24.0 Å². The van der Waals surface area contributed by atoms with Gasteiger partial charge in [-0.2, -0.15) is 4.31 Å². The first kappa shape index (κ1) is 28.9. The molecule has 0 spiro atoms. The van der Waals surface area contributed by atoms with Crippen LogP contribution >= 0.6 is 0 Å². The quantitative estimate of drug-likeness (QED) is 0.182. The highest BCUT2D eigenvalue weighted by molar-refractivity contribution is 7.90. The minimum Gasteiger partial charge on any atom is -0.241 e. The van der Waals surface area contributed by atoms with Crippen LogP contribution in [-0.2, 0) is 26.5 Å². The predicted molar refractivity (Wildman–Crippen MR) is 172 cm³/mol. The van der Waals surface area contributed by atoms with E-state index in [9.17, 15) is 16.8 Å². The molecule has 2 aliphatic rings. The monoisotopic (exact) mass is 616 g/mol. The maximum atomic E-state index is 14.3. The number of hydrogen-bond acceptors (Lipinski definition) is 4. The zero-order valence-electron chi connectivity index (χ0n) is 24.6. The summed E-state index contributed by atoms with van der Waals surface area (Å²) in [5.74, 6) is -0.140. The number of rotatable bonds is 6. The highest BCUT2D eigenvalue weighted by Gasteiger charge is 2.47. The first-order valence-corrected chi connectivity index (χ1v) is 20.5. The number of aromatic nitrogens is 1. The molecule has 0 saturated heterocycles. The van der Waals surface area contributed by atoms with Gasteiger partial charge in [-0.15, -0.1) is 6.58 Å². The highest BCUT2D eigenvalue weighted by Crippen LogP contribution is 2.49. The molecule has 218 valence electrons. The van der Waals surface area contributed by atoms with Gasteiger partial charge in [-0.25, -0.2) is 20.8 Å². The third kappa shape index (κ3) is 4.45. The van der Waals surface area contributed by atoms with E-state index < -0.39 is 34.2 Å². The Balaban J connectivity index is 1.62. The predicted octanol–water partition coefficient (Wildman–Crippen LogP) is 6.56. The summed E-state index contributed by atoms with van der Waals surface area (Å²) >= 11 is 0. The summed E-state index contributed by atoms with van der Waals surface area (Å²) in [6.45, 7) is 15.2. The molecule has 0 fully saturated rings. The first-order chi connectivity index (χ1) is 19.7. The lowest BCUT2D eigenvalue weighted by Crippen LogP contribution is -2.52. The Morgan fingerprint density at radius 2 is 1.40 bits per heavy atom. The molecular formula is C33H36N2O4S2Si. The normalized spacial score (nSPS) is 19.6. The minimum atomic E-state index is -3.88. The van der Waals surface area contributed by atoms with E-state index in [2.05, 4.69) is 26.2 Å². The Labute approximate surface area is 250 Å². The van der Waals surface area contributed by atoms with Crippen LogP contribution in [0.1, 0.15) is 22.3 Å². The third-order valence-corrected chi connectivity index (χ3v) is 14.4. The molecule has 42 heavy (non-hydrogen) atoms. The standard InChI is InChI=1S/C33H36N2O4S2Si/c1-7-24-20-35(41(38,39)27-17-13-23(3)14-18-27)30-19-25-21-34(40(36,37)26-15-11-22(2)12-16-26)29-10-8-9-28(31(25)29)32(30)33(24)42(4,5)6/h7-18,21,24,30H,1,19-20H2,2-6H3/t24-,30+/m0/s1. The molecule has 6 rings (SSSR count). The molecule has 9 heteroatoms. The van der Waals surface area contributed by atoms with Crippen LogP contribution in [0.2, 0.25) is 19.6 Å². The Morgan fingerprint density at radius 3 is 1.95 bits per heavy atom. The molecule has 0 radical (unpaired) electrons. The molecule has 0 amide bonds. The van der Waals surface area contributed by atoms with E-state index in [-0.39, 0.29) is 15.7 Å². The molecule has 0 N–H and O–H groups in total. The molecule has 2 atom stereocenters. The van der Waals surface area contributed by atoms with Crippen molar-refractivity contribution in [3.05, 3.63) is 113 Å². The fourth-order valence-electron chi connectivity index (χ4n) is 6.68. The lowest BCUT2D eigenvalue weighted by atomic mass is 9.80. The number of hydrogen-bond donors (Lipinski definition) is 0. The van der Waals surface area contributed by atoms with Gasteiger partial charge in [0.2, 0.25) is 10.0 Å². The molecule has 0 saturated carbocycles. The number of nitrogens with zero attached hydrogens (tertiary/aromatic N) is 2. The van der Waals surface area contributed by atoms with Crippen LogP contribution < -0.4 is 0 Å². The zero-order chi connectivity index (χ0) is 30.2. The van der Waals surface area contributed by atoms with E-state index in [0.717, 1.165) is 33.2 Å². The van der Waals surface area contributed by atoms with Crippen molar-refractivity contribution in [2.24, 2.45) is 5.92 Å². The van der Waals surface area contributed by atoms with E-state index in [1.807, 2.05) is 50.3 Å². The maximum absolute atomic E-state index is 14.3. The molecule has 4 aromatic rings. The fourth-order valence-corrected chi connectivity index (χ4v) is 12.1. The third-order valence-electron chi connectivity index (χ3n) is 8.59. The molecule has 2 heterocycles. The van der Waals surface area contributed by atoms with Gasteiger partial charge in [0.05, 0.1) is 29.4 Å². The summed E-state index contributed by atoms with van der Waals surface area (Å²) < 4.78 is 59.4. The fraction of sp³-hybridized carbons (Fsp3) is 0.273. The molecule has 0 bridgehead atoms. The molecule has 1 aromatic heterocycles. The summed E-state index contributed by atoms with van der Waals surface area (Å²) in [5, 5.41) is 2.16. The second kappa shape index (κ2) is 9.91. The van der Waals surface area contributed by atoms with Gasteiger partial charge in [0.15, 0.2) is 0 Å². The number of fused-ring (bicyclic) bond motifs is 2. The topological polar surface area (TPSA) is 76.5 Å². The van der Waals surface area contributed by atoms with Crippen molar-refractivity contribution in [1.82, 2.24) is 8.28 Å². The van der Waals surface area contributed by atoms with Crippen LogP contribution in [-0.4, -0.2) is 45.8 Å². The Kier molecular flexibility index (Phi) is 6.81.